The highest BCUT2D eigenvalue weighted by molar-refractivity contribution is 5.82. The van der Waals surface area contributed by atoms with E-state index >= 15 is 0 Å². The lowest BCUT2D eigenvalue weighted by molar-refractivity contribution is -0.168. The first-order valence-corrected chi connectivity index (χ1v) is 6.89. The van der Waals surface area contributed by atoms with Crippen LogP contribution in [-0.2, 0) is 4.79 Å². The Morgan fingerprint density at radius 3 is 2.38 bits per heavy atom. The number of hydrogen-bond acceptors (Lipinski definition) is 4. The van der Waals surface area contributed by atoms with E-state index in [4.69, 9.17) is 0 Å². The summed E-state index contributed by atoms with van der Waals surface area (Å²) in [5.41, 5.74) is -0.790. The van der Waals surface area contributed by atoms with Gasteiger partial charge in [0.1, 0.15) is 6.54 Å². The molecule has 1 unspecified atom stereocenters. The maximum atomic E-state index is 12.4. The van der Waals surface area contributed by atoms with Crippen LogP contribution in [0.5, 0.6) is 0 Å². The number of alkyl halides is 3. The molecule has 5 nitrogen and oxygen atoms in total. The highest BCUT2D eigenvalue weighted by Crippen LogP contribution is 2.24. The SMILES string of the molecule is CN(CC(C)(CO)CO)C1CCCN(CC(F)(F)F)C1=O. The topological polar surface area (TPSA) is 64.0 Å². The van der Waals surface area contributed by atoms with E-state index in [-0.39, 0.29) is 26.3 Å². The summed E-state index contributed by atoms with van der Waals surface area (Å²) in [6, 6.07) is -0.640. The molecular formula is C13H23F3N2O3. The Balaban J connectivity index is 2.71. The average Bonchev–Trinajstić information content (AvgIpc) is 2.39. The van der Waals surface area contributed by atoms with Crippen molar-refractivity contribution in [1.82, 2.24) is 9.80 Å². The quantitative estimate of drug-likeness (QED) is 0.748. The first-order valence-electron chi connectivity index (χ1n) is 6.89. The highest BCUT2D eigenvalue weighted by Gasteiger charge is 2.39. The summed E-state index contributed by atoms with van der Waals surface area (Å²) in [6.45, 7) is 0.246. The van der Waals surface area contributed by atoms with Crippen LogP contribution >= 0.6 is 0 Å². The Morgan fingerprint density at radius 1 is 1.33 bits per heavy atom. The molecular weight excluding hydrogens is 289 g/mol. The molecule has 0 saturated carbocycles. The van der Waals surface area contributed by atoms with E-state index in [2.05, 4.69) is 0 Å². The van der Waals surface area contributed by atoms with Crippen molar-refractivity contribution in [2.24, 2.45) is 5.41 Å². The number of aliphatic hydroxyl groups is 2. The molecule has 2 N–H and O–H groups in total. The van der Waals surface area contributed by atoms with Gasteiger partial charge in [-0.2, -0.15) is 13.2 Å². The Kier molecular flexibility index (Phi) is 6.01. The van der Waals surface area contributed by atoms with Crippen LogP contribution in [0.25, 0.3) is 0 Å². The van der Waals surface area contributed by atoms with Gasteiger partial charge in [-0.25, -0.2) is 0 Å². The van der Waals surface area contributed by atoms with Gasteiger partial charge >= 0.3 is 6.18 Å². The maximum absolute atomic E-state index is 12.4. The molecule has 1 heterocycles. The summed E-state index contributed by atoms with van der Waals surface area (Å²) in [4.78, 5) is 14.6. The third-order valence-corrected chi connectivity index (χ3v) is 3.80. The van der Waals surface area contributed by atoms with Crippen molar-refractivity contribution in [1.29, 1.82) is 0 Å². The van der Waals surface area contributed by atoms with Crippen LogP contribution < -0.4 is 0 Å². The van der Waals surface area contributed by atoms with Crippen LogP contribution in [0.2, 0.25) is 0 Å². The highest BCUT2D eigenvalue weighted by atomic mass is 19.4. The predicted octanol–water partition coefficient (Wildman–Crippen LogP) is 0.462. The molecule has 0 aromatic carbocycles. The molecule has 1 fully saturated rings. The fourth-order valence-electron chi connectivity index (χ4n) is 2.56. The third-order valence-electron chi connectivity index (χ3n) is 3.80. The number of carbonyl (C=O) groups excluding carboxylic acids is 1. The van der Waals surface area contributed by atoms with Gasteiger partial charge in [-0.3, -0.25) is 9.69 Å². The number of amides is 1. The molecule has 1 saturated heterocycles. The number of nitrogens with zero attached hydrogens (tertiary/aromatic N) is 2. The minimum atomic E-state index is -4.40. The number of rotatable bonds is 6. The van der Waals surface area contributed by atoms with Gasteiger partial charge in [-0.15, -0.1) is 0 Å². The van der Waals surface area contributed by atoms with Gasteiger partial charge in [0.2, 0.25) is 5.91 Å². The number of piperidine rings is 1. The summed E-state index contributed by atoms with van der Waals surface area (Å²) < 4.78 is 37.3. The lowest BCUT2D eigenvalue weighted by atomic mass is 9.91. The van der Waals surface area contributed by atoms with E-state index in [9.17, 15) is 28.2 Å². The van der Waals surface area contributed by atoms with Crippen molar-refractivity contribution in [3.63, 3.8) is 0 Å². The lowest BCUT2D eigenvalue weighted by Gasteiger charge is -2.40. The first kappa shape index (κ1) is 18.2. The van der Waals surface area contributed by atoms with Crippen LogP contribution in [0.4, 0.5) is 13.2 Å². The second kappa shape index (κ2) is 6.93. The van der Waals surface area contributed by atoms with E-state index in [0.717, 1.165) is 4.90 Å². The minimum absolute atomic E-state index is 0.111. The second-order valence-electron chi connectivity index (χ2n) is 6.07. The van der Waals surface area contributed by atoms with Crippen molar-refractivity contribution in [3.05, 3.63) is 0 Å². The second-order valence-corrected chi connectivity index (χ2v) is 6.07. The van der Waals surface area contributed by atoms with Gasteiger partial charge in [0.05, 0.1) is 19.3 Å². The molecule has 1 aliphatic heterocycles. The van der Waals surface area contributed by atoms with Gasteiger partial charge in [0, 0.05) is 18.5 Å². The van der Waals surface area contributed by atoms with E-state index in [1.54, 1.807) is 18.9 Å². The molecule has 0 aromatic heterocycles. The summed E-state index contributed by atoms with van der Waals surface area (Å²) in [6.07, 6.45) is -3.41. The molecule has 0 aromatic rings. The number of likely N-dealkylation sites (N-methyl/N-ethyl adjacent to an activating group) is 1. The molecule has 21 heavy (non-hydrogen) atoms. The largest absolute Gasteiger partial charge is 0.406 e. The monoisotopic (exact) mass is 312 g/mol. The zero-order valence-electron chi connectivity index (χ0n) is 12.4. The third kappa shape index (κ3) is 5.12. The lowest BCUT2D eigenvalue weighted by Crippen LogP contribution is -2.55. The first-order chi connectivity index (χ1) is 9.62. The van der Waals surface area contributed by atoms with Crippen LogP contribution in [0.15, 0.2) is 0 Å². The molecule has 1 atom stereocenters. The van der Waals surface area contributed by atoms with Crippen molar-refractivity contribution >= 4 is 5.91 Å². The number of halogens is 3. The normalized spacial score (nSPS) is 21.2. The predicted molar refractivity (Wildman–Crippen MR) is 70.6 cm³/mol. The Morgan fingerprint density at radius 2 is 1.90 bits per heavy atom. The summed E-state index contributed by atoms with van der Waals surface area (Å²) >= 11 is 0. The zero-order chi connectivity index (χ0) is 16.3. The molecule has 1 amide bonds. The molecule has 124 valence electrons. The van der Waals surface area contributed by atoms with Gasteiger partial charge in [0.25, 0.3) is 0 Å². The number of likely N-dealkylation sites (tertiary alicyclic amines) is 1. The maximum Gasteiger partial charge on any atom is 0.406 e. The Labute approximate surface area is 122 Å². The Hall–Kier alpha value is -0.860. The number of carbonyl (C=O) groups is 1. The summed E-state index contributed by atoms with van der Waals surface area (Å²) in [5, 5.41) is 18.5. The molecule has 0 radical (unpaired) electrons. The standard InChI is InChI=1S/C13H23F3N2O3/c1-12(8-19,9-20)6-17(2)10-4-3-5-18(11(10)21)7-13(14,15)16/h10,19-20H,3-9H2,1-2H3. The number of hydrogen-bond donors (Lipinski definition) is 2. The molecule has 1 rings (SSSR count). The van der Waals surface area contributed by atoms with Crippen molar-refractivity contribution < 1.29 is 28.2 Å². The Bertz CT molecular complexity index is 359. The van der Waals surface area contributed by atoms with Crippen LogP contribution in [-0.4, -0.2) is 78.0 Å². The molecule has 0 bridgehead atoms. The average molecular weight is 312 g/mol. The summed E-state index contributed by atoms with van der Waals surface area (Å²) in [7, 11) is 1.63. The molecule has 0 aliphatic carbocycles. The van der Waals surface area contributed by atoms with Crippen LogP contribution in [0, 0.1) is 5.41 Å². The van der Waals surface area contributed by atoms with Crippen molar-refractivity contribution in [3.8, 4) is 0 Å². The molecule has 8 heteroatoms. The van der Waals surface area contributed by atoms with Gasteiger partial charge < -0.3 is 15.1 Å². The van der Waals surface area contributed by atoms with E-state index in [0.29, 0.717) is 12.8 Å². The molecule has 0 spiro atoms. The molecule has 1 aliphatic rings. The fourth-order valence-corrected chi connectivity index (χ4v) is 2.56. The van der Waals surface area contributed by atoms with Gasteiger partial charge in [-0.05, 0) is 19.9 Å². The number of aliphatic hydroxyl groups excluding tert-OH is 2. The van der Waals surface area contributed by atoms with E-state index < -0.39 is 30.1 Å². The zero-order valence-corrected chi connectivity index (χ0v) is 12.4. The van der Waals surface area contributed by atoms with E-state index in [1.807, 2.05) is 0 Å². The van der Waals surface area contributed by atoms with E-state index in [1.165, 1.54) is 0 Å². The fraction of sp³-hybridized carbons (Fsp3) is 0.923. The summed E-state index contributed by atoms with van der Waals surface area (Å²) in [5.74, 6) is -0.542. The minimum Gasteiger partial charge on any atom is -0.396 e. The van der Waals surface area contributed by atoms with Crippen molar-refractivity contribution in [2.45, 2.75) is 32.0 Å². The van der Waals surface area contributed by atoms with Crippen LogP contribution in [0.3, 0.4) is 0 Å². The smallest absolute Gasteiger partial charge is 0.396 e. The van der Waals surface area contributed by atoms with Gasteiger partial charge in [-0.1, -0.05) is 6.92 Å². The van der Waals surface area contributed by atoms with Crippen LogP contribution in [0.1, 0.15) is 19.8 Å². The van der Waals surface area contributed by atoms with Crippen molar-refractivity contribution in [2.75, 3.05) is 39.9 Å². The van der Waals surface area contributed by atoms with Gasteiger partial charge in [0.15, 0.2) is 0 Å².